The van der Waals surface area contributed by atoms with Gasteiger partial charge in [-0.25, -0.2) is 0 Å². The molecule has 2 rings (SSSR count). The fraction of sp³-hybridized carbons (Fsp3) is 1.00. The molecule has 2 fully saturated rings. The van der Waals surface area contributed by atoms with Gasteiger partial charge in [-0.05, 0) is 26.2 Å². The van der Waals surface area contributed by atoms with Gasteiger partial charge in [0.25, 0.3) is 0 Å². The van der Waals surface area contributed by atoms with Crippen molar-refractivity contribution in [3.63, 3.8) is 0 Å². The maximum absolute atomic E-state index is 5.96. The van der Waals surface area contributed by atoms with Crippen LogP contribution in [-0.2, 0) is 4.74 Å². The molecule has 3 unspecified atom stereocenters. The number of hydrogen-bond acceptors (Lipinski definition) is 3. The maximum Gasteiger partial charge on any atom is 0.0702 e. The molecule has 0 spiro atoms. The molecule has 0 aliphatic carbocycles. The van der Waals surface area contributed by atoms with E-state index in [4.69, 9.17) is 10.5 Å². The second-order valence-electron chi connectivity index (χ2n) is 4.32. The zero-order valence-corrected chi connectivity index (χ0v) is 8.41. The Morgan fingerprint density at radius 3 is 2.85 bits per heavy atom. The highest BCUT2D eigenvalue weighted by molar-refractivity contribution is 4.88. The minimum Gasteiger partial charge on any atom is -0.377 e. The minimum absolute atomic E-state index is 0.376. The van der Waals surface area contributed by atoms with Gasteiger partial charge in [-0.2, -0.15) is 0 Å². The third kappa shape index (κ3) is 2.03. The monoisotopic (exact) mass is 184 g/mol. The van der Waals surface area contributed by atoms with Crippen LogP contribution in [0.1, 0.15) is 26.2 Å². The van der Waals surface area contributed by atoms with Gasteiger partial charge in [0.2, 0.25) is 0 Å². The summed E-state index contributed by atoms with van der Waals surface area (Å²) in [5.41, 5.74) is 5.96. The Labute approximate surface area is 80.2 Å². The van der Waals surface area contributed by atoms with Crippen molar-refractivity contribution in [3.8, 4) is 0 Å². The first-order valence-corrected chi connectivity index (χ1v) is 5.38. The van der Waals surface area contributed by atoms with E-state index in [1.807, 2.05) is 0 Å². The van der Waals surface area contributed by atoms with Crippen molar-refractivity contribution >= 4 is 0 Å². The molecule has 0 bridgehead atoms. The SMILES string of the molecule is CC1C(N)CCN1CC1CCCO1. The van der Waals surface area contributed by atoms with Crippen LogP contribution in [-0.4, -0.2) is 42.8 Å². The van der Waals surface area contributed by atoms with Crippen LogP contribution in [0.4, 0.5) is 0 Å². The smallest absolute Gasteiger partial charge is 0.0702 e. The predicted molar refractivity (Wildman–Crippen MR) is 52.6 cm³/mol. The third-order valence-corrected chi connectivity index (χ3v) is 3.41. The summed E-state index contributed by atoms with van der Waals surface area (Å²) < 4.78 is 5.62. The summed E-state index contributed by atoms with van der Waals surface area (Å²) in [6.45, 7) is 5.43. The Bertz CT molecular complexity index is 168. The number of nitrogens with zero attached hydrogens (tertiary/aromatic N) is 1. The first-order chi connectivity index (χ1) is 6.27. The molecule has 2 aliphatic rings. The van der Waals surface area contributed by atoms with E-state index in [-0.39, 0.29) is 0 Å². The van der Waals surface area contributed by atoms with Crippen LogP contribution in [0.3, 0.4) is 0 Å². The van der Waals surface area contributed by atoms with Crippen molar-refractivity contribution in [1.29, 1.82) is 0 Å². The minimum atomic E-state index is 0.376. The summed E-state index contributed by atoms with van der Waals surface area (Å²) in [5, 5.41) is 0. The first-order valence-electron chi connectivity index (χ1n) is 5.38. The highest BCUT2D eigenvalue weighted by Gasteiger charge is 2.30. The lowest BCUT2D eigenvalue weighted by molar-refractivity contribution is 0.0703. The van der Waals surface area contributed by atoms with Crippen molar-refractivity contribution < 1.29 is 4.74 Å². The highest BCUT2D eigenvalue weighted by atomic mass is 16.5. The summed E-state index contributed by atoms with van der Waals surface area (Å²) in [5.74, 6) is 0. The Balaban J connectivity index is 1.81. The summed E-state index contributed by atoms with van der Waals surface area (Å²) in [7, 11) is 0. The normalized spacial score (nSPS) is 41.5. The van der Waals surface area contributed by atoms with Gasteiger partial charge in [-0.1, -0.05) is 0 Å². The van der Waals surface area contributed by atoms with Crippen LogP contribution in [0, 0.1) is 0 Å². The number of likely N-dealkylation sites (tertiary alicyclic amines) is 1. The van der Waals surface area contributed by atoms with Crippen molar-refractivity contribution in [3.05, 3.63) is 0 Å². The Hall–Kier alpha value is -0.120. The molecular formula is C10H20N2O. The van der Waals surface area contributed by atoms with E-state index in [0.717, 1.165) is 26.1 Å². The largest absolute Gasteiger partial charge is 0.377 e. The summed E-state index contributed by atoms with van der Waals surface area (Å²) in [6, 6.07) is 0.922. The molecule has 3 heteroatoms. The molecule has 3 nitrogen and oxygen atoms in total. The third-order valence-electron chi connectivity index (χ3n) is 3.41. The molecule has 2 heterocycles. The van der Waals surface area contributed by atoms with Gasteiger partial charge in [-0.15, -0.1) is 0 Å². The van der Waals surface area contributed by atoms with Crippen molar-refractivity contribution in [1.82, 2.24) is 4.90 Å². The van der Waals surface area contributed by atoms with Gasteiger partial charge in [-0.3, -0.25) is 4.90 Å². The van der Waals surface area contributed by atoms with Gasteiger partial charge in [0, 0.05) is 31.8 Å². The van der Waals surface area contributed by atoms with Crippen molar-refractivity contribution in [2.75, 3.05) is 19.7 Å². The van der Waals surface area contributed by atoms with E-state index in [9.17, 15) is 0 Å². The van der Waals surface area contributed by atoms with E-state index in [1.54, 1.807) is 0 Å². The zero-order valence-electron chi connectivity index (χ0n) is 8.41. The van der Waals surface area contributed by atoms with Crippen LogP contribution >= 0.6 is 0 Å². The molecule has 2 N–H and O–H groups in total. The van der Waals surface area contributed by atoms with E-state index in [1.165, 1.54) is 12.8 Å². The Morgan fingerprint density at radius 1 is 1.46 bits per heavy atom. The molecule has 0 aromatic heterocycles. The zero-order chi connectivity index (χ0) is 9.26. The molecule has 3 atom stereocenters. The fourth-order valence-corrected chi connectivity index (χ4v) is 2.34. The molecule has 2 aliphatic heterocycles. The average molecular weight is 184 g/mol. The Morgan fingerprint density at radius 2 is 2.31 bits per heavy atom. The number of hydrogen-bond donors (Lipinski definition) is 1. The Kier molecular flexibility index (Phi) is 2.86. The predicted octanol–water partition coefficient (Wildman–Crippen LogP) is 0.587. The summed E-state index contributed by atoms with van der Waals surface area (Å²) >= 11 is 0. The standard InChI is InChI=1S/C10H20N2O/c1-8-10(11)4-5-12(8)7-9-3-2-6-13-9/h8-10H,2-7,11H2,1H3. The second kappa shape index (κ2) is 3.95. The lowest BCUT2D eigenvalue weighted by atomic mass is 10.1. The van der Waals surface area contributed by atoms with Crippen molar-refractivity contribution in [2.24, 2.45) is 5.73 Å². The molecule has 0 radical (unpaired) electrons. The lowest BCUT2D eigenvalue weighted by Gasteiger charge is -2.25. The molecule has 76 valence electrons. The second-order valence-corrected chi connectivity index (χ2v) is 4.32. The van der Waals surface area contributed by atoms with Crippen LogP contribution in [0.2, 0.25) is 0 Å². The van der Waals surface area contributed by atoms with Crippen LogP contribution in [0.15, 0.2) is 0 Å². The van der Waals surface area contributed by atoms with Gasteiger partial charge < -0.3 is 10.5 Å². The number of nitrogens with two attached hydrogens (primary N) is 1. The summed E-state index contributed by atoms with van der Waals surface area (Å²) in [4.78, 5) is 2.47. The molecule has 0 amide bonds. The van der Waals surface area contributed by atoms with E-state index in [2.05, 4.69) is 11.8 Å². The molecule has 0 saturated carbocycles. The van der Waals surface area contributed by atoms with Gasteiger partial charge in [0.15, 0.2) is 0 Å². The van der Waals surface area contributed by atoms with Gasteiger partial charge in [0.1, 0.15) is 0 Å². The molecule has 13 heavy (non-hydrogen) atoms. The quantitative estimate of drug-likeness (QED) is 0.682. The van der Waals surface area contributed by atoms with Crippen LogP contribution in [0.5, 0.6) is 0 Å². The molecular weight excluding hydrogens is 164 g/mol. The van der Waals surface area contributed by atoms with Crippen LogP contribution in [0.25, 0.3) is 0 Å². The molecule has 2 saturated heterocycles. The average Bonchev–Trinajstić information content (AvgIpc) is 2.71. The lowest BCUT2D eigenvalue weighted by Crippen LogP contribution is -2.40. The topological polar surface area (TPSA) is 38.5 Å². The van der Waals surface area contributed by atoms with Gasteiger partial charge >= 0.3 is 0 Å². The number of ether oxygens (including phenoxy) is 1. The summed E-state index contributed by atoms with van der Waals surface area (Å²) in [6.07, 6.45) is 4.10. The highest BCUT2D eigenvalue weighted by Crippen LogP contribution is 2.20. The van der Waals surface area contributed by atoms with E-state index in [0.29, 0.717) is 18.2 Å². The van der Waals surface area contributed by atoms with Crippen LogP contribution < -0.4 is 5.73 Å². The first kappa shape index (κ1) is 9.44. The molecule has 0 aromatic rings. The van der Waals surface area contributed by atoms with Crippen molar-refractivity contribution in [2.45, 2.75) is 44.4 Å². The van der Waals surface area contributed by atoms with Gasteiger partial charge in [0.05, 0.1) is 6.10 Å². The maximum atomic E-state index is 5.96. The van der Waals surface area contributed by atoms with E-state index >= 15 is 0 Å². The molecule has 0 aromatic carbocycles. The van der Waals surface area contributed by atoms with E-state index < -0.39 is 0 Å². The number of rotatable bonds is 2. The fourth-order valence-electron chi connectivity index (χ4n) is 2.34.